The van der Waals surface area contributed by atoms with Gasteiger partial charge in [0.1, 0.15) is 0 Å². The molecule has 2 aliphatic rings. The average molecular weight is 246 g/mol. The van der Waals surface area contributed by atoms with Crippen LogP contribution < -0.4 is 5.32 Å². The van der Waals surface area contributed by atoms with Crippen molar-refractivity contribution in [2.75, 3.05) is 5.32 Å². The summed E-state index contributed by atoms with van der Waals surface area (Å²) in [4.78, 5) is 16.1. The van der Waals surface area contributed by atoms with Crippen LogP contribution in [0.1, 0.15) is 31.4 Å². The lowest BCUT2D eigenvalue weighted by Gasteiger charge is -2.17. The Morgan fingerprint density at radius 3 is 3.11 bits per heavy atom. The standard InChI is InChI=1S/C14H18N2O2/c1-9-6-11(4-5-15-9)16-14(17)8-10-7-12-2-3-13(10)18-12/h4-6,10,12-13H,2-3,7-8H2,1H3,(H,15,16,17). The number of aromatic nitrogens is 1. The van der Waals surface area contributed by atoms with Gasteiger partial charge in [0.05, 0.1) is 12.2 Å². The third kappa shape index (κ3) is 2.38. The molecule has 1 aromatic rings. The molecule has 0 aliphatic carbocycles. The zero-order valence-electron chi connectivity index (χ0n) is 10.6. The summed E-state index contributed by atoms with van der Waals surface area (Å²) in [7, 11) is 0. The highest BCUT2D eigenvalue weighted by atomic mass is 16.5. The smallest absolute Gasteiger partial charge is 0.224 e. The monoisotopic (exact) mass is 246 g/mol. The molecule has 1 amide bonds. The number of amides is 1. The van der Waals surface area contributed by atoms with Crippen LogP contribution in [-0.2, 0) is 9.53 Å². The number of ether oxygens (including phenoxy) is 1. The Kier molecular flexibility index (Phi) is 3.04. The van der Waals surface area contributed by atoms with Gasteiger partial charge in [0.15, 0.2) is 0 Å². The Balaban J connectivity index is 1.56. The van der Waals surface area contributed by atoms with Crippen molar-refractivity contribution < 1.29 is 9.53 Å². The quantitative estimate of drug-likeness (QED) is 0.890. The molecule has 3 rings (SSSR count). The van der Waals surface area contributed by atoms with Crippen LogP contribution in [0.4, 0.5) is 5.69 Å². The summed E-state index contributed by atoms with van der Waals surface area (Å²) in [5.74, 6) is 0.494. The molecular weight excluding hydrogens is 228 g/mol. The van der Waals surface area contributed by atoms with Crippen molar-refractivity contribution >= 4 is 11.6 Å². The third-order valence-corrected chi connectivity index (χ3v) is 3.86. The number of rotatable bonds is 3. The van der Waals surface area contributed by atoms with E-state index in [2.05, 4.69) is 10.3 Å². The number of carbonyl (C=O) groups excluding carboxylic acids is 1. The fourth-order valence-electron chi connectivity index (χ4n) is 3.03. The Morgan fingerprint density at radius 1 is 1.56 bits per heavy atom. The second-order valence-electron chi connectivity index (χ2n) is 5.31. The van der Waals surface area contributed by atoms with Crippen LogP contribution >= 0.6 is 0 Å². The first kappa shape index (κ1) is 11.7. The summed E-state index contributed by atoms with van der Waals surface area (Å²) in [6.45, 7) is 1.92. The Labute approximate surface area is 107 Å². The first-order chi connectivity index (χ1) is 8.70. The largest absolute Gasteiger partial charge is 0.375 e. The number of fused-ring (bicyclic) bond motifs is 2. The Hall–Kier alpha value is -1.42. The van der Waals surface area contributed by atoms with Crippen LogP contribution in [0.25, 0.3) is 0 Å². The van der Waals surface area contributed by atoms with E-state index in [0.29, 0.717) is 24.5 Å². The zero-order chi connectivity index (χ0) is 12.5. The van der Waals surface area contributed by atoms with Gasteiger partial charge in [-0.05, 0) is 44.2 Å². The molecule has 0 aromatic carbocycles. The molecule has 2 saturated heterocycles. The molecule has 96 valence electrons. The van der Waals surface area contributed by atoms with Crippen LogP contribution in [0.15, 0.2) is 18.3 Å². The second kappa shape index (κ2) is 4.69. The summed E-state index contributed by atoms with van der Waals surface area (Å²) in [5.41, 5.74) is 1.74. The fourth-order valence-corrected chi connectivity index (χ4v) is 3.03. The normalized spacial score (nSPS) is 29.5. The number of aryl methyl sites for hydroxylation is 1. The second-order valence-corrected chi connectivity index (χ2v) is 5.31. The summed E-state index contributed by atoms with van der Waals surface area (Å²) in [6, 6.07) is 3.71. The molecule has 4 nitrogen and oxygen atoms in total. The molecule has 3 heterocycles. The molecule has 4 heteroatoms. The molecule has 3 unspecified atom stereocenters. The van der Waals surface area contributed by atoms with Gasteiger partial charge in [-0.1, -0.05) is 0 Å². The lowest BCUT2D eigenvalue weighted by Crippen LogP contribution is -2.23. The number of anilines is 1. The van der Waals surface area contributed by atoms with Gasteiger partial charge >= 0.3 is 0 Å². The van der Waals surface area contributed by atoms with Gasteiger partial charge in [-0.2, -0.15) is 0 Å². The molecule has 2 fully saturated rings. The van der Waals surface area contributed by atoms with E-state index in [1.165, 1.54) is 6.42 Å². The number of nitrogens with zero attached hydrogens (tertiary/aromatic N) is 1. The van der Waals surface area contributed by atoms with Crippen LogP contribution in [-0.4, -0.2) is 23.1 Å². The van der Waals surface area contributed by atoms with Gasteiger partial charge in [0, 0.05) is 24.0 Å². The number of nitrogens with one attached hydrogen (secondary N) is 1. The highest BCUT2D eigenvalue weighted by Crippen LogP contribution is 2.40. The predicted molar refractivity (Wildman–Crippen MR) is 68.2 cm³/mol. The van der Waals surface area contributed by atoms with Crippen LogP contribution in [0.2, 0.25) is 0 Å². The minimum absolute atomic E-state index is 0.0850. The first-order valence-corrected chi connectivity index (χ1v) is 6.58. The molecule has 2 aliphatic heterocycles. The number of hydrogen-bond acceptors (Lipinski definition) is 3. The lowest BCUT2D eigenvalue weighted by molar-refractivity contribution is -0.117. The maximum absolute atomic E-state index is 12.0. The highest BCUT2D eigenvalue weighted by Gasteiger charge is 2.41. The minimum atomic E-state index is 0.0850. The topological polar surface area (TPSA) is 51.2 Å². The van der Waals surface area contributed by atoms with Crippen molar-refractivity contribution in [2.24, 2.45) is 5.92 Å². The summed E-state index contributed by atoms with van der Waals surface area (Å²) >= 11 is 0. The maximum Gasteiger partial charge on any atom is 0.224 e. The first-order valence-electron chi connectivity index (χ1n) is 6.58. The van der Waals surface area contributed by atoms with Crippen molar-refractivity contribution in [3.8, 4) is 0 Å². The predicted octanol–water partition coefficient (Wildman–Crippen LogP) is 2.29. The van der Waals surface area contributed by atoms with E-state index in [4.69, 9.17) is 4.74 Å². The molecular formula is C14H18N2O2. The van der Waals surface area contributed by atoms with Crippen molar-refractivity contribution in [1.82, 2.24) is 4.98 Å². The molecule has 2 bridgehead atoms. The van der Waals surface area contributed by atoms with E-state index in [1.807, 2.05) is 19.1 Å². The van der Waals surface area contributed by atoms with Crippen LogP contribution in [0.3, 0.4) is 0 Å². The molecule has 0 spiro atoms. The van der Waals surface area contributed by atoms with Crippen molar-refractivity contribution in [2.45, 2.75) is 44.8 Å². The van der Waals surface area contributed by atoms with Gasteiger partial charge in [-0.15, -0.1) is 0 Å². The fraction of sp³-hybridized carbons (Fsp3) is 0.571. The zero-order valence-corrected chi connectivity index (χ0v) is 10.6. The van der Waals surface area contributed by atoms with E-state index in [1.54, 1.807) is 6.20 Å². The van der Waals surface area contributed by atoms with Gasteiger partial charge < -0.3 is 10.1 Å². The van der Waals surface area contributed by atoms with Crippen molar-refractivity contribution in [3.05, 3.63) is 24.0 Å². The maximum atomic E-state index is 12.0. The average Bonchev–Trinajstić information content (AvgIpc) is 2.90. The molecule has 18 heavy (non-hydrogen) atoms. The van der Waals surface area contributed by atoms with Gasteiger partial charge in [0.25, 0.3) is 0 Å². The van der Waals surface area contributed by atoms with Crippen LogP contribution in [0, 0.1) is 12.8 Å². The van der Waals surface area contributed by atoms with Gasteiger partial charge in [-0.25, -0.2) is 0 Å². The Morgan fingerprint density at radius 2 is 2.44 bits per heavy atom. The van der Waals surface area contributed by atoms with E-state index >= 15 is 0 Å². The van der Waals surface area contributed by atoms with E-state index in [0.717, 1.165) is 24.2 Å². The molecule has 1 N–H and O–H groups in total. The molecule has 1 aromatic heterocycles. The minimum Gasteiger partial charge on any atom is -0.375 e. The number of pyridine rings is 1. The summed E-state index contributed by atoms with van der Waals surface area (Å²) < 4.78 is 5.77. The van der Waals surface area contributed by atoms with Gasteiger partial charge in [0.2, 0.25) is 5.91 Å². The number of carbonyl (C=O) groups is 1. The van der Waals surface area contributed by atoms with Gasteiger partial charge in [-0.3, -0.25) is 9.78 Å². The summed E-state index contributed by atoms with van der Waals surface area (Å²) in [6.07, 6.45) is 6.36. The Bertz CT molecular complexity index is 461. The van der Waals surface area contributed by atoms with Crippen molar-refractivity contribution in [1.29, 1.82) is 0 Å². The van der Waals surface area contributed by atoms with E-state index in [-0.39, 0.29) is 5.91 Å². The molecule has 3 atom stereocenters. The van der Waals surface area contributed by atoms with Crippen LogP contribution in [0.5, 0.6) is 0 Å². The third-order valence-electron chi connectivity index (χ3n) is 3.86. The van der Waals surface area contributed by atoms with E-state index in [9.17, 15) is 4.79 Å². The highest BCUT2D eigenvalue weighted by molar-refractivity contribution is 5.90. The summed E-state index contributed by atoms with van der Waals surface area (Å²) in [5, 5.41) is 2.93. The lowest BCUT2D eigenvalue weighted by atomic mass is 9.87. The SMILES string of the molecule is Cc1cc(NC(=O)CC2CC3CCC2O3)ccn1. The van der Waals surface area contributed by atoms with Crippen molar-refractivity contribution in [3.63, 3.8) is 0 Å². The molecule has 0 radical (unpaired) electrons. The van der Waals surface area contributed by atoms with E-state index < -0.39 is 0 Å². The molecule has 0 saturated carbocycles. The number of hydrogen-bond donors (Lipinski definition) is 1.